The van der Waals surface area contributed by atoms with E-state index in [1.54, 1.807) is 6.07 Å². The average molecular weight is 215 g/mol. The van der Waals surface area contributed by atoms with Crippen molar-refractivity contribution in [1.82, 2.24) is 0 Å². The first kappa shape index (κ1) is 10.8. The fourth-order valence-corrected chi connectivity index (χ4v) is 2.06. The summed E-state index contributed by atoms with van der Waals surface area (Å²) in [5.74, 6) is 0.835. The van der Waals surface area contributed by atoms with Crippen molar-refractivity contribution in [2.75, 3.05) is 24.2 Å². The van der Waals surface area contributed by atoms with Crippen molar-refractivity contribution >= 4 is 11.4 Å². The highest BCUT2D eigenvalue weighted by Crippen LogP contribution is 2.29. The van der Waals surface area contributed by atoms with Crippen LogP contribution in [0, 0.1) is 17.2 Å². The summed E-state index contributed by atoms with van der Waals surface area (Å²) in [7, 11) is 2.08. The Morgan fingerprint density at radius 2 is 2.25 bits per heavy atom. The molecule has 1 aliphatic rings. The largest absolute Gasteiger partial charge is 0.398 e. The zero-order chi connectivity index (χ0) is 11.5. The van der Waals surface area contributed by atoms with Crippen molar-refractivity contribution in [3.63, 3.8) is 0 Å². The molecule has 1 fully saturated rings. The van der Waals surface area contributed by atoms with Crippen molar-refractivity contribution in [2.45, 2.75) is 19.3 Å². The molecule has 0 amide bonds. The average Bonchev–Trinajstić information content (AvgIpc) is 2.23. The lowest BCUT2D eigenvalue weighted by atomic mass is 9.85. The Kier molecular flexibility index (Phi) is 3.00. The van der Waals surface area contributed by atoms with Crippen molar-refractivity contribution in [3.05, 3.63) is 23.8 Å². The third kappa shape index (κ3) is 2.11. The van der Waals surface area contributed by atoms with E-state index in [9.17, 15) is 0 Å². The van der Waals surface area contributed by atoms with Gasteiger partial charge < -0.3 is 10.6 Å². The SMILES string of the molecule is CN(CC1CCC1)c1ccc(C#N)c(N)c1. The lowest BCUT2D eigenvalue weighted by molar-refractivity contribution is 0.321. The van der Waals surface area contributed by atoms with Gasteiger partial charge in [0.1, 0.15) is 6.07 Å². The van der Waals surface area contributed by atoms with E-state index >= 15 is 0 Å². The molecule has 0 spiro atoms. The first-order valence-electron chi connectivity index (χ1n) is 5.71. The van der Waals surface area contributed by atoms with Crippen molar-refractivity contribution in [3.8, 4) is 6.07 Å². The Bertz CT molecular complexity index is 416. The molecule has 0 saturated heterocycles. The van der Waals surface area contributed by atoms with E-state index in [1.165, 1.54) is 19.3 Å². The van der Waals surface area contributed by atoms with Gasteiger partial charge in [0, 0.05) is 19.3 Å². The molecule has 0 atom stereocenters. The molecular weight excluding hydrogens is 198 g/mol. The lowest BCUT2D eigenvalue weighted by Gasteiger charge is -2.31. The van der Waals surface area contributed by atoms with Gasteiger partial charge in [-0.15, -0.1) is 0 Å². The van der Waals surface area contributed by atoms with Crippen LogP contribution in [-0.2, 0) is 0 Å². The maximum absolute atomic E-state index is 8.80. The molecule has 3 heteroatoms. The molecule has 3 nitrogen and oxygen atoms in total. The first-order chi connectivity index (χ1) is 7.70. The Labute approximate surface area is 96.5 Å². The molecule has 16 heavy (non-hydrogen) atoms. The van der Waals surface area contributed by atoms with E-state index in [1.807, 2.05) is 12.1 Å². The minimum absolute atomic E-state index is 0.556. The fraction of sp³-hybridized carbons (Fsp3) is 0.462. The van der Waals surface area contributed by atoms with E-state index in [0.29, 0.717) is 11.3 Å². The third-order valence-corrected chi connectivity index (χ3v) is 3.35. The molecule has 1 aromatic rings. The summed E-state index contributed by atoms with van der Waals surface area (Å²) in [5, 5.41) is 8.80. The van der Waals surface area contributed by atoms with E-state index in [2.05, 4.69) is 18.0 Å². The second kappa shape index (κ2) is 4.44. The molecule has 0 radical (unpaired) electrons. The van der Waals surface area contributed by atoms with Gasteiger partial charge in [0.05, 0.1) is 11.3 Å². The number of hydrogen-bond donors (Lipinski definition) is 1. The van der Waals surface area contributed by atoms with Gasteiger partial charge in [0.2, 0.25) is 0 Å². The van der Waals surface area contributed by atoms with Crippen LogP contribution in [0.2, 0.25) is 0 Å². The van der Waals surface area contributed by atoms with Gasteiger partial charge in [-0.1, -0.05) is 6.42 Å². The smallest absolute Gasteiger partial charge is 0.101 e. The molecule has 1 saturated carbocycles. The summed E-state index contributed by atoms with van der Waals surface area (Å²) < 4.78 is 0. The van der Waals surface area contributed by atoms with Crippen LogP contribution < -0.4 is 10.6 Å². The molecule has 2 rings (SSSR count). The van der Waals surface area contributed by atoms with E-state index < -0.39 is 0 Å². The van der Waals surface area contributed by atoms with Crippen LogP contribution >= 0.6 is 0 Å². The Morgan fingerprint density at radius 1 is 1.50 bits per heavy atom. The topological polar surface area (TPSA) is 53.0 Å². The first-order valence-corrected chi connectivity index (χ1v) is 5.71. The van der Waals surface area contributed by atoms with Crippen LogP contribution in [0.25, 0.3) is 0 Å². The Hall–Kier alpha value is -1.69. The highest BCUT2D eigenvalue weighted by molar-refractivity contribution is 5.63. The number of anilines is 2. The monoisotopic (exact) mass is 215 g/mol. The Morgan fingerprint density at radius 3 is 2.75 bits per heavy atom. The zero-order valence-electron chi connectivity index (χ0n) is 9.61. The van der Waals surface area contributed by atoms with Crippen molar-refractivity contribution < 1.29 is 0 Å². The van der Waals surface area contributed by atoms with Gasteiger partial charge in [0.25, 0.3) is 0 Å². The van der Waals surface area contributed by atoms with Crippen LogP contribution in [0.1, 0.15) is 24.8 Å². The molecule has 0 unspecified atom stereocenters. The summed E-state index contributed by atoms with van der Waals surface area (Å²) in [6.07, 6.45) is 4.06. The zero-order valence-corrected chi connectivity index (χ0v) is 9.61. The van der Waals surface area contributed by atoms with E-state index in [4.69, 9.17) is 11.0 Å². The maximum atomic E-state index is 8.80. The molecule has 1 aromatic carbocycles. The molecule has 0 aromatic heterocycles. The fourth-order valence-electron chi connectivity index (χ4n) is 2.06. The van der Waals surface area contributed by atoms with Gasteiger partial charge >= 0.3 is 0 Å². The summed E-state index contributed by atoms with van der Waals surface area (Å²) >= 11 is 0. The standard InChI is InChI=1S/C13H17N3/c1-16(9-10-3-2-4-10)12-6-5-11(8-14)13(15)7-12/h5-7,10H,2-4,9,15H2,1H3. The summed E-state index contributed by atoms with van der Waals surface area (Å²) in [6.45, 7) is 1.09. The molecular formula is C13H17N3. The van der Waals surface area contributed by atoms with Gasteiger partial charge in [-0.2, -0.15) is 5.26 Å². The molecule has 0 bridgehead atoms. The van der Waals surface area contributed by atoms with E-state index in [0.717, 1.165) is 18.2 Å². The number of nitrogen functional groups attached to an aromatic ring is 1. The molecule has 0 heterocycles. The normalized spacial score (nSPS) is 15.2. The number of nitrogens with two attached hydrogens (primary N) is 1. The predicted molar refractivity (Wildman–Crippen MR) is 66.2 cm³/mol. The second-order valence-corrected chi connectivity index (χ2v) is 4.56. The summed E-state index contributed by atoms with van der Waals surface area (Å²) in [5.41, 5.74) is 8.02. The quantitative estimate of drug-likeness (QED) is 0.787. The van der Waals surface area contributed by atoms with Gasteiger partial charge in [-0.25, -0.2) is 0 Å². The third-order valence-electron chi connectivity index (χ3n) is 3.35. The summed E-state index contributed by atoms with van der Waals surface area (Å²) in [6, 6.07) is 7.73. The molecule has 0 aliphatic heterocycles. The highest BCUT2D eigenvalue weighted by Gasteiger charge is 2.19. The van der Waals surface area contributed by atoms with Crippen molar-refractivity contribution in [1.29, 1.82) is 5.26 Å². The number of nitrogens with zero attached hydrogens (tertiary/aromatic N) is 2. The number of benzene rings is 1. The minimum atomic E-state index is 0.556. The molecule has 2 N–H and O–H groups in total. The van der Waals surface area contributed by atoms with Crippen LogP contribution in [-0.4, -0.2) is 13.6 Å². The maximum Gasteiger partial charge on any atom is 0.101 e. The van der Waals surface area contributed by atoms with E-state index in [-0.39, 0.29) is 0 Å². The van der Waals surface area contributed by atoms with Crippen molar-refractivity contribution in [2.24, 2.45) is 5.92 Å². The minimum Gasteiger partial charge on any atom is -0.398 e. The second-order valence-electron chi connectivity index (χ2n) is 4.56. The lowest BCUT2D eigenvalue weighted by Crippen LogP contribution is -2.29. The number of hydrogen-bond acceptors (Lipinski definition) is 3. The summed E-state index contributed by atoms with van der Waals surface area (Å²) in [4.78, 5) is 2.22. The van der Waals surface area contributed by atoms with Crippen LogP contribution in [0.5, 0.6) is 0 Å². The van der Waals surface area contributed by atoms with Crippen LogP contribution in [0.3, 0.4) is 0 Å². The van der Waals surface area contributed by atoms with Gasteiger partial charge in [0.15, 0.2) is 0 Å². The van der Waals surface area contributed by atoms with Crippen LogP contribution in [0.15, 0.2) is 18.2 Å². The molecule has 1 aliphatic carbocycles. The van der Waals surface area contributed by atoms with Crippen LogP contribution in [0.4, 0.5) is 11.4 Å². The predicted octanol–water partition coefficient (Wildman–Crippen LogP) is 2.38. The highest BCUT2D eigenvalue weighted by atomic mass is 15.1. The van der Waals surface area contributed by atoms with Gasteiger partial charge in [-0.05, 0) is 37.0 Å². The number of nitriles is 1. The Balaban J connectivity index is 2.08. The van der Waals surface area contributed by atoms with Gasteiger partial charge in [-0.3, -0.25) is 0 Å². The number of rotatable bonds is 3. The molecule has 84 valence electrons.